The summed E-state index contributed by atoms with van der Waals surface area (Å²) in [6.07, 6.45) is 1.55. The lowest BCUT2D eigenvalue weighted by Crippen LogP contribution is -2.14. The smallest absolute Gasteiger partial charge is 0.337 e. The zero-order valence-corrected chi connectivity index (χ0v) is 10.5. The van der Waals surface area contributed by atoms with Gasteiger partial charge in [-0.25, -0.2) is 9.18 Å². The van der Waals surface area contributed by atoms with E-state index in [1.54, 1.807) is 17.9 Å². The van der Waals surface area contributed by atoms with Gasteiger partial charge in [0.1, 0.15) is 12.1 Å². The molecule has 0 fully saturated rings. The van der Waals surface area contributed by atoms with Crippen LogP contribution in [0.1, 0.15) is 29.1 Å². The summed E-state index contributed by atoms with van der Waals surface area (Å²) in [7, 11) is 1.79. The van der Waals surface area contributed by atoms with E-state index >= 15 is 0 Å². The fraction of sp³-hybridized carbons (Fsp3) is 0.250. The van der Waals surface area contributed by atoms with Crippen molar-refractivity contribution < 1.29 is 14.3 Å². The van der Waals surface area contributed by atoms with E-state index in [2.05, 4.69) is 15.5 Å². The highest BCUT2D eigenvalue weighted by Gasteiger charge is 2.16. The van der Waals surface area contributed by atoms with Gasteiger partial charge >= 0.3 is 5.97 Å². The number of aromatic carboxylic acids is 1. The second-order valence-corrected chi connectivity index (χ2v) is 4.16. The fourth-order valence-corrected chi connectivity index (χ4v) is 1.80. The Labute approximate surface area is 108 Å². The number of hydrogen-bond acceptors (Lipinski definition) is 4. The first-order valence-electron chi connectivity index (χ1n) is 5.62. The minimum atomic E-state index is -1.19. The average Bonchev–Trinajstić information content (AvgIpc) is 2.77. The maximum atomic E-state index is 13.1. The average molecular weight is 264 g/mol. The molecule has 1 atom stereocenters. The number of hydrogen-bond donors (Lipinski definition) is 2. The summed E-state index contributed by atoms with van der Waals surface area (Å²) >= 11 is 0. The number of aromatic nitrogens is 3. The molecule has 2 aromatic rings. The lowest BCUT2D eigenvalue weighted by Gasteiger charge is -2.16. The molecule has 6 nitrogen and oxygen atoms in total. The highest BCUT2D eigenvalue weighted by molar-refractivity contribution is 5.94. The first-order chi connectivity index (χ1) is 8.99. The molecule has 0 amide bonds. The summed E-state index contributed by atoms with van der Waals surface area (Å²) in [4.78, 5) is 11.1. The summed E-state index contributed by atoms with van der Waals surface area (Å²) in [5, 5.41) is 19.7. The first kappa shape index (κ1) is 13.0. The summed E-state index contributed by atoms with van der Waals surface area (Å²) < 4.78 is 14.8. The van der Waals surface area contributed by atoms with Gasteiger partial charge in [-0.05, 0) is 25.1 Å². The minimum Gasteiger partial charge on any atom is -0.478 e. The van der Waals surface area contributed by atoms with Gasteiger partial charge in [0, 0.05) is 12.7 Å². The lowest BCUT2D eigenvalue weighted by atomic mass is 10.1. The second kappa shape index (κ2) is 5.05. The largest absolute Gasteiger partial charge is 0.478 e. The van der Waals surface area contributed by atoms with E-state index in [1.165, 1.54) is 12.1 Å². The van der Waals surface area contributed by atoms with E-state index in [4.69, 9.17) is 5.11 Å². The molecule has 0 radical (unpaired) electrons. The standard InChI is InChI=1S/C12H13FN4O2/c1-7(11-16-14-6-17(11)2)15-10-4-3-8(13)5-9(10)12(18)19/h3-7,15H,1-2H3,(H,18,19). The molecular weight excluding hydrogens is 251 g/mol. The van der Waals surface area contributed by atoms with Crippen LogP contribution in [0, 0.1) is 5.82 Å². The molecule has 1 unspecified atom stereocenters. The zero-order chi connectivity index (χ0) is 14.0. The van der Waals surface area contributed by atoms with Gasteiger partial charge in [0.2, 0.25) is 0 Å². The molecule has 0 aliphatic heterocycles. The molecule has 0 aliphatic carbocycles. The fourth-order valence-electron chi connectivity index (χ4n) is 1.80. The molecule has 0 bridgehead atoms. The van der Waals surface area contributed by atoms with E-state index in [0.29, 0.717) is 11.5 Å². The van der Waals surface area contributed by atoms with Crippen LogP contribution in [0.2, 0.25) is 0 Å². The number of carboxylic acid groups (broad SMARTS) is 1. The third kappa shape index (κ3) is 2.70. The maximum Gasteiger partial charge on any atom is 0.337 e. The van der Waals surface area contributed by atoms with Gasteiger partial charge in [0.05, 0.1) is 11.6 Å². The number of carboxylic acids is 1. The summed E-state index contributed by atoms with van der Waals surface area (Å²) in [6, 6.07) is 3.33. The van der Waals surface area contributed by atoms with Crippen LogP contribution < -0.4 is 5.32 Å². The lowest BCUT2D eigenvalue weighted by molar-refractivity contribution is 0.0697. The van der Waals surface area contributed by atoms with Crippen LogP contribution in [0.25, 0.3) is 0 Å². The molecule has 1 aromatic heterocycles. The number of benzene rings is 1. The van der Waals surface area contributed by atoms with Crippen molar-refractivity contribution in [2.75, 3.05) is 5.32 Å². The van der Waals surface area contributed by atoms with Crippen molar-refractivity contribution in [3.05, 3.63) is 41.7 Å². The molecule has 0 spiro atoms. The Morgan fingerprint density at radius 1 is 1.53 bits per heavy atom. The SMILES string of the molecule is CC(Nc1ccc(F)cc1C(=O)O)c1nncn1C. The highest BCUT2D eigenvalue weighted by atomic mass is 19.1. The Balaban J connectivity index is 2.29. The molecular formula is C12H13FN4O2. The Morgan fingerprint density at radius 2 is 2.26 bits per heavy atom. The monoisotopic (exact) mass is 264 g/mol. The number of halogens is 1. The van der Waals surface area contributed by atoms with Crippen molar-refractivity contribution in [2.45, 2.75) is 13.0 Å². The third-order valence-electron chi connectivity index (χ3n) is 2.72. The highest BCUT2D eigenvalue weighted by Crippen LogP contribution is 2.22. The molecule has 1 heterocycles. The molecule has 1 aromatic carbocycles. The number of aryl methyl sites for hydroxylation is 1. The zero-order valence-electron chi connectivity index (χ0n) is 10.5. The minimum absolute atomic E-state index is 0.117. The predicted molar refractivity (Wildman–Crippen MR) is 66.4 cm³/mol. The van der Waals surface area contributed by atoms with Crippen LogP contribution in [0.3, 0.4) is 0 Å². The van der Waals surface area contributed by atoms with Crippen LogP contribution in [0.5, 0.6) is 0 Å². The van der Waals surface area contributed by atoms with Crippen molar-refractivity contribution in [3.63, 3.8) is 0 Å². The Morgan fingerprint density at radius 3 is 2.84 bits per heavy atom. The molecule has 2 N–H and O–H groups in total. The number of nitrogens with zero attached hydrogens (tertiary/aromatic N) is 3. The third-order valence-corrected chi connectivity index (χ3v) is 2.72. The van der Waals surface area contributed by atoms with E-state index in [9.17, 15) is 9.18 Å². The van der Waals surface area contributed by atoms with Crippen LogP contribution >= 0.6 is 0 Å². The topological polar surface area (TPSA) is 80.0 Å². The van der Waals surface area contributed by atoms with Crippen LogP contribution in [-0.4, -0.2) is 25.8 Å². The Kier molecular flexibility index (Phi) is 3.46. The normalized spacial score (nSPS) is 12.2. The van der Waals surface area contributed by atoms with E-state index in [0.717, 1.165) is 6.07 Å². The summed E-state index contributed by atoms with van der Waals surface area (Å²) in [5.74, 6) is -1.12. The molecule has 0 saturated heterocycles. The molecule has 7 heteroatoms. The van der Waals surface area contributed by atoms with E-state index in [1.807, 2.05) is 6.92 Å². The van der Waals surface area contributed by atoms with Crippen molar-refractivity contribution in [2.24, 2.45) is 7.05 Å². The maximum absolute atomic E-state index is 13.1. The van der Waals surface area contributed by atoms with Crippen molar-refractivity contribution in [3.8, 4) is 0 Å². The van der Waals surface area contributed by atoms with Crippen molar-refractivity contribution in [1.82, 2.24) is 14.8 Å². The molecule has 0 saturated carbocycles. The van der Waals surface area contributed by atoms with Gasteiger partial charge in [-0.1, -0.05) is 0 Å². The molecule has 0 aliphatic rings. The molecule has 19 heavy (non-hydrogen) atoms. The predicted octanol–water partition coefficient (Wildman–Crippen LogP) is 1.83. The number of carbonyl (C=O) groups is 1. The van der Waals surface area contributed by atoms with E-state index in [-0.39, 0.29) is 11.6 Å². The van der Waals surface area contributed by atoms with Gasteiger partial charge in [-0.2, -0.15) is 0 Å². The van der Waals surface area contributed by atoms with Crippen molar-refractivity contribution >= 4 is 11.7 Å². The van der Waals surface area contributed by atoms with Gasteiger partial charge in [-0.3, -0.25) is 0 Å². The quantitative estimate of drug-likeness (QED) is 0.880. The Hall–Kier alpha value is -2.44. The van der Waals surface area contributed by atoms with Gasteiger partial charge < -0.3 is 15.0 Å². The number of anilines is 1. The molecule has 100 valence electrons. The summed E-state index contributed by atoms with van der Waals surface area (Å²) in [5.41, 5.74) is 0.221. The van der Waals surface area contributed by atoms with Gasteiger partial charge in [-0.15, -0.1) is 10.2 Å². The van der Waals surface area contributed by atoms with E-state index < -0.39 is 11.8 Å². The number of nitrogens with one attached hydrogen (secondary N) is 1. The number of rotatable bonds is 4. The van der Waals surface area contributed by atoms with Gasteiger partial charge in [0.15, 0.2) is 5.82 Å². The van der Waals surface area contributed by atoms with Crippen molar-refractivity contribution in [1.29, 1.82) is 0 Å². The van der Waals surface area contributed by atoms with Crippen LogP contribution in [0.15, 0.2) is 24.5 Å². The first-order valence-corrected chi connectivity index (χ1v) is 5.62. The van der Waals surface area contributed by atoms with Crippen LogP contribution in [-0.2, 0) is 7.05 Å². The second-order valence-electron chi connectivity index (χ2n) is 4.16. The Bertz CT molecular complexity index is 612. The summed E-state index contributed by atoms with van der Waals surface area (Å²) in [6.45, 7) is 1.82. The van der Waals surface area contributed by atoms with Gasteiger partial charge in [0.25, 0.3) is 0 Å². The molecule has 2 rings (SSSR count). The van der Waals surface area contributed by atoms with Crippen LogP contribution in [0.4, 0.5) is 10.1 Å².